The number of halogens is 1. The zero-order valence-electron chi connectivity index (χ0n) is 14.7. The van der Waals surface area contributed by atoms with E-state index >= 15 is 0 Å². The number of piperidine rings is 2. The molecule has 3 heterocycles. The summed E-state index contributed by atoms with van der Waals surface area (Å²) in [6, 6.07) is 8.52. The van der Waals surface area contributed by atoms with Gasteiger partial charge in [-0.2, -0.15) is 0 Å². The first-order valence-corrected chi connectivity index (χ1v) is 10.1. The van der Waals surface area contributed by atoms with Gasteiger partial charge in [0.15, 0.2) is 0 Å². The molecule has 0 aliphatic carbocycles. The van der Waals surface area contributed by atoms with E-state index in [1.54, 1.807) is 0 Å². The summed E-state index contributed by atoms with van der Waals surface area (Å²) < 4.78 is 6.67. The molecule has 0 unspecified atom stereocenters. The molecular weight excluding hydrogens is 398 g/mol. The van der Waals surface area contributed by atoms with Crippen LogP contribution in [0.4, 0.5) is 4.79 Å². The van der Waals surface area contributed by atoms with Crippen LogP contribution in [0.3, 0.4) is 0 Å². The second-order valence-electron chi connectivity index (χ2n) is 7.35. The van der Waals surface area contributed by atoms with Crippen molar-refractivity contribution < 1.29 is 14.3 Å². The van der Waals surface area contributed by atoms with Crippen LogP contribution in [0.15, 0.2) is 28.7 Å². The maximum absolute atomic E-state index is 12.9. The minimum atomic E-state index is -0.0872. The number of amides is 3. The van der Waals surface area contributed by atoms with Gasteiger partial charge in [0.2, 0.25) is 5.91 Å². The van der Waals surface area contributed by atoms with Crippen LogP contribution in [0.25, 0.3) is 0 Å². The maximum Gasteiger partial charge on any atom is 0.320 e. The molecule has 140 valence electrons. The van der Waals surface area contributed by atoms with Crippen LogP contribution in [-0.2, 0) is 9.53 Å². The Balaban J connectivity index is 1.32. The Kier molecular flexibility index (Phi) is 5.18. The molecule has 0 aromatic heterocycles. The SMILES string of the molecule is O=C1CO[C@H]2CCN(C(=O)N3CCC(c4ccc(Br)cc4)CC3)C[C@H]2N1. The highest BCUT2D eigenvalue weighted by molar-refractivity contribution is 9.10. The van der Waals surface area contributed by atoms with Crippen LogP contribution in [0.1, 0.15) is 30.7 Å². The molecule has 7 heteroatoms. The van der Waals surface area contributed by atoms with Gasteiger partial charge in [-0.25, -0.2) is 4.79 Å². The summed E-state index contributed by atoms with van der Waals surface area (Å²) >= 11 is 3.48. The number of urea groups is 1. The molecule has 1 aromatic rings. The van der Waals surface area contributed by atoms with Crippen molar-refractivity contribution in [3.8, 4) is 0 Å². The van der Waals surface area contributed by atoms with Crippen LogP contribution in [0, 0.1) is 0 Å². The summed E-state index contributed by atoms with van der Waals surface area (Å²) in [7, 11) is 0. The Morgan fingerprint density at radius 1 is 1.08 bits per heavy atom. The molecule has 0 bridgehead atoms. The summed E-state index contributed by atoms with van der Waals surface area (Å²) in [6.45, 7) is 2.95. The maximum atomic E-state index is 12.9. The number of nitrogens with zero attached hydrogens (tertiary/aromatic N) is 2. The van der Waals surface area contributed by atoms with Gasteiger partial charge < -0.3 is 19.9 Å². The predicted octanol–water partition coefficient (Wildman–Crippen LogP) is 2.34. The third-order valence-electron chi connectivity index (χ3n) is 5.70. The summed E-state index contributed by atoms with van der Waals surface area (Å²) in [5.74, 6) is 0.430. The summed E-state index contributed by atoms with van der Waals surface area (Å²) in [4.78, 5) is 28.3. The minimum Gasteiger partial charge on any atom is -0.366 e. The van der Waals surface area contributed by atoms with Gasteiger partial charge in [-0.05, 0) is 42.9 Å². The van der Waals surface area contributed by atoms with Crippen LogP contribution in [0.2, 0.25) is 0 Å². The first-order valence-electron chi connectivity index (χ1n) is 9.30. The van der Waals surface area contributed by atoms with Gasteiger partial charge in [-0.15, -0.1) is 0 Å². The molecule has 3 amide bonds. The van der Waals surface area contributed by atoms with Crippen LogP contribution < -0.4 is 5.32 Å². The second-order valence-corrected chi connectivity index (χ2v) is 8.27. The Morgan fingerprint density at radius 2 is 1.77 bits per heavy atom. The molecule has 26 heavy (non-hydrogen) atoms. The molecular formula is C19H24BrN3O3. The summed E-state index contributed by atoms with van der Waals surface area (Å²) in [5.41, 5.74) is 1.35. The Labute approximate surface area is 162 Å². The van der Waals surface area contributed by atoms with E-state index in [0.29, 0.717) is 19.0 Å². The monoisotopic (exact) mass is 421 g/mol. The summed E-state index contributed by atoms with van der Waals surface area (Å²) in [5, 5.41) is 2.96. The molecule has 6 nitrogen and oxygen atoms in total. The van der Waals surface area contributed by atoms with E-state index in [1.807, 2.05) is 9.80 Å². The Bertz CT molecular complexity index is 673. The lowest BCUT2D eigenvalue weighted by Crippen LogP contribution is -2.62. The van der Waals surface area contributed by atoms with E-state index in [9.17, 15) is 9.59 Å². The van der Waals surface area contributed by atoms with E-state index in [0.717, 1.165) is 36.8 Å². The lowest BCUT2D eigenvalue weighted by molar-refractivity contribution is -0.139. The van der Waals surface area contributed by atoms with Crippen molar-refractivity contribution in [1.82, 2.24) is 15.1 Å². The van der Waals surface area contributed by atoms with Crippen molar-refractivity contribution >= 4 is 27.9 Å². The van der Waals surface area contributed by atoms with Crippen molar-refractivity contribution in [1.29, 1.82) is 0 Å². The first-order chi connectivity index (χ1) is 12.6. The highest BCUT2D eigenvalue weighted by Gasteiger charge is 2.38. The minimum absolute atomic E-state index is 0.0416. The molecule has 0 spiro atoms. The number of likely N-dealkylation sites (tertiary alicyclic amines) is 2. The fraction of sp³-hybridized carbons (Fsp3) is 0.579. The standard InChI is InChI=1S/C19H24BrN3O3/c20-15-3-1-13(2-4-15)14-5-8-22(9-6-14)19(25)23-10-7-17-16(11-23)21-18(24)12-26-17/h1-4,14,16-17H,5-12H2,(H,21,24)/t16-,17+/m1/s1. The number of fused-ring (bicyclic) bond motifs is 1. The number of hydrogen-bond donors (Lipinski definition) is 1. The van der Waals surface area contributed by atoms with Crippen LogP contribution >= 0.6 is 15.9 Å². The number of benzene rings is 1. The molecule has 0 radical (unpaired) electrons. The number of ether oxygens (including phenoxy) is 1. The zero-order valence-corrected chi connectivity index (χ0v) is 16.3. The van der Waals surface area contributed by atoms with Gasteiger partial charge in [-0.1, -0.05) is 28.1 Å². The van der Waals surface area contributed by atoms with Crippen molar-refractivity contribution in [3.63, 3.8) is 0 Å². The van der Waals surface area contributed by atoms with Crippen molar-refractivity contribution in [2.24, 2.45) is 0 Å². The van der Waals surface area contributed by atoms with E-state index in [1.165, 1.54) is 5.56 Å². The Hall–Kier alpha value is -1.60. The highest BCUT2D eigenvalue weighted by Crippen LogP contribution is 2.29. The molecule has 2 atom stereocenters. The van der Waals surface area contributed by atoms with Gasteiger partial charge in [0.1, 0.15) is 6.61 Å². The lowest BCUT2D eigenvalue weighted by Gasteiger charge is -2.43. The van der Waals surface area contributed by atoms with E-state index in [2.05, 4.69) is 45.5 Å². The van der Waals surface area contributed by atoms with E-state index in [4.69, 9.17) is 4.74 Å². The molecule has 3 fully saturated rings. The van der Waals surface area contributed by atoms with Crippen LogP contribution in [-0.4, -0.2) is 66.7 Å². The number of hydrogen-bond acceptors (Lipinski definition) is 3. The normalized spacial score (nSPS) is 27.0. The number of rotatable bonds is 1. The third kappa shape index (κ3) is 3.74. The molecule has 1 aromatic carbocycles. The zero-order chi connectivity index (χ0) is 18.1. The van der Waals surface area contributed by atoms with E-state index in [-0.39, 0.29) is 30.7 Å². The fourth-order valence-electron chi connectivity index (χ4n) is 4.21. The largest absolute Gasteiger partial charge is 0.366 e. The van der Waals surface area contributed by atoms with Gasteiger partial charge >= 0.3 is 6.03 Å². The number of morpholine rings is 1. The third-order valence-corrected chi connectivity index (χ3v) is 6.23. The number of carbonyl (C=O) groups excluding carboxylic acids is 2. The topological polar surface area (TPSA) is 61.9 Å². The molecule has 3 saturated heterocycles. The fourth-order valence-corrected chi connectivity index (χ4v) is 4.48. The van der Waals surface area contributed by atoms with Gasteiger partial charge in [0, 0.05) is 30.7 Å². The predicted molar refractivity (Wildman–Crippen MR) is 101 cm³/mol. The lowest BCUT2D eigenvalue weighted by atomic mass is 9.89. The van der Waals surface area contributed by atoms with Crippen molar-refractivity contribution in [2.45, 2.75) is 37.3 Å². The highest BCUT2D eigenvalue weighted by atomic mass is 79.9. The second kappa shape index (κ2) is 7.56. The van der Waals surface area contributed by atoms with Gasteiger partial charge in [-0.3, -0.25) is 4.79 Å². The van der Waals surface area contributed by atoms with Crippen molar-refractivity contribution in [2.75, 3.05) is 32.8 Å². The average Bonchev–Trinajstić information content (AvgIpc) is 2.67. The first kappa shape index (κ1) is 17.8. The van der Waals surface area contributed by atoms with Gasteiger partial charge in [0.05, 0.1) is 12.1 Å². The van der Waals surface area contributed by atoms with Gasteiger partial charge in [0.25, 0.3) is 0 Å². The molecule has 4 rings (SSSR count). The molecule has 1 N–H and O–H groups in total. The molecule has 3 aliphatic rings. The summed E-state index contributed by atoms with van der Waals surface area (Å²) in [6.07, 6.45) is 2.81. The average molecular weight is 422 g/mol. The number of carbonyl (C=O) groups is 2. The molecule has 0 saturated carbocycles. The Morgan fingerprint density at radius 3 is 2.50 bits per heavy atom. The smallest absolute Gasteiger partial charge is 0.320 e. The molecule has 3 aliphatic heterocycles. The van der Waals surface area contributed by atoms with Crippen molar-refractivity contribution in [3.05, 3.63) is 34.3 Å². The number of nitrogens with one attached hydrogen (secondary N) is 1. The quantitative estimate of drug-likeness (QED) is 0.756. The van der Waals surface area contributed by atoms with Crippen LogP contribution in [0.5, 0.6) is 0 Å². The van der Waals surface area contributed by atoms with E-state index < -0.39 is 0 Å².